The van der Waals surface area contributed by atoms with Gasteiger partial charge in [0.05, 0.1) is 11.6 Å². The number of halogens is 1. The first kappa shape index (κ1) is 18.2. The fourth-order valence-electron chi connectivity index (χ4n) is 1.87. The Bertz CT molecular complexity index is 788. The molecule has 0 amide bonds. The molecule has 0 aliphatic heterocycles. The first-order valence-electron chi connectivity index (χ1n) is 7.05. The monoisotopic (exact) mass is 311 g/mol. The fraction of sp³-hybridized carbons (Fsp3) is 0.211. The van der Waals surface area contributed by atoms with Crippen molar-refractivity contribution in [3.63, 3.8) is 0 Å². The van der Waals surface area contributed by atoms with E-state index in [0.717, 1.165) is 5.56 Å². The van der Waals surface area contributed by atoms with Gasteiger partial charge in [-0.05, 0) is 69.2 Å². The van der Waals surface area contributed by atoms with Crippen molar-refractivity contribution in [2.45, 2.75) is 27.7 Å². The highest BCUT2D eigenvalue weighted by Gasteiger charge is 2.02. The topological polar surface area (TPSA) is 57.9 Å². The Kier molecular flexibility index (Phi) is 6.35. The molecule has 0 N–H and O–H groups in total. The standard InChI is InChI=1S/C10H9NO.C9H9FO/c1-7-5-9(8(2)12)3-4-10(7)6-11;1-6-5-8(7(2)11)3-4-9(6)10/h3-5H,1-2H3;3-5H,1-2H3. The Morgan fingerprint density at radius 2 is 1.39 bits per heavy atom. The van der Waals surface area contributed by atoms with Crippen LogP contribution >= 0.6 is 0 Å². The number of benzene rings is 2. The molecule has 0 fully saturated rings. The molecule has 0 spiro atoms. The lowest BCUT2D eigenvalue weighted by atomic mass is 10.0. The van der Waals surface area contributed by atoms with Crippen LogP contribution in [0.15, 0.2) is 36.4 Å². The average molecular weight is 311 g/mol. The number of nitrogens with zero attached hydrogens (tertiary/aromatic N) is 1. The summed E-state index contributed by atoms with van der Waals surface area (Å²) in [6.07, 6.45) is 0. The lowest BCUT2D eigenvalue weighted by Crippen LogP contribution is -1.93. The first-order valence-corrected chi connectivity index (χ1v) is 7.05. The zero-order valence-electron chi connectivity index (χ0n) is 13.6. The second-order valence-corrected chi connectivity index (χ2v) is 5.22. The molecule has 2 aromatic carbocycles. The number of rotatable bonds is 2. The minimum atomic E-state index is -0.269. The summed E-state index contributed by atoms with van der Waals surface area (Å²) in [7, 11) is 0. The number of hydrogen-bond donors (Lipinski definition) is 0. The van der Waals surface area contributed by atoms with Crippen LogP contribution in [0, 0.1) is 31.0 Å². The van der Waals surface area contributed by atoms with Crippen LogP contribution in [-0.4, -0.2) is 11.6 Å². The lowest BCUT2D eigenvalue weighted by molar-refractivity contribution is 0.100. The molecule has 0 aromatic heterocycles. The van der Waals surface area contributed by atoms with Crippen LogP contribution in [-0.2, 0) is 0 Å². The first-order chi connectivity index (χ1) is 10.8. The van der Waals surface area contributed by atoms with Crippen LogP contribution in [0.3, 0.4) is 0 Å². The van der Waals surface area contributed by atoms with E-state index in [4.69, 9.17) is 5.26 Å². The average Bonchev–Trinajstić information content (AvgIpc) is 2.50. The van der Waals surface area contributed by atoms with E-state index < -0.39 is 0 Å². The van der Waals surface area contributed by atoms with Crippen molar-refractivity contribution in [2.24, 2.45) is 0 Å². The van der Waals surface area contributed by atoms with E-state index in [0.29, 0.717) is 22.3 Å². The van der Waals surface area contributed by atoms with Gasteiger partial charge in [-0.25, -0.2) is 4.39 Å². The Morgan fingerprint density at radius 3 is 1.78 bits per heavy atom. The van der Waals surface area contributed by atoms with Crippen molar-refractivity contribution >= 4 is 11.6 Å². The summed E-state index contributed by atoms with van der Waals surface area (Å²) >= 11 is 0. The molecule has 2 rings (SSSR count). The van der Waals surface area contributed by atoms with Crippen LogP contribution < -0.4 is 0 Å². The summed E-state index contributed by atoms with van der Waals surface area (Å²) in [5, 5.41) is 8.61. The molecule has 0 saturated heterocycles. The van der Waals surface area contributed by atoms with Gasteiger partial charge in [-0.3, -0.25) is 9.59 Å². The van der Waals surface area contributed by atoms with Gasteiger partial charge in [0.1, 0.15) is 5.82 Å². The minimum Gasteiger partial charge on any atom is -0.295 e. The summed E-state index contributed by atoms with van der Waals surface area (Å²) in [4.78, 5) is 21.7. The number of Topliss-reactive ketones (excluding diaryl/α,β-unsaturated/α-hetero) is 2. The van der Waals surface area contributed by atoms with E-state index in [9.17, 15) is 14.0 Å². The number of carbonyl (C=O) groups is 2. The third kappa shape index (κ3) is 5.15. The van der Waals surface area contributed by atoms with E-state index in [2.05, 4.69) is 6.07 Å². The summed E-state index contributed by atoms with van der Waals surface area (Å²) in [5.41, 5.74) is 3.21. The van der Waals surface area contributed by atoms with E-state index in [-0.39, 0.29) is 17.4 Å². The summed E-state index contributed by atoms with van der Waals surface area (Å²) in [5.74, 6) is -0.273. The molecule has 118 valence electrons. The van der Waals surface area contributed by atoms with E-state index in [1.165, 1.54) is 26.0 Å². The van der Waals surface area contributed by atoms with E-state index >= 15 is 0 Å². The maximum absolute atomic E-state index is 12.7. The summed E-state index contributed by atoms with van der Waals surface area (Å²) in [6.45, 7) is 6.44. The predicted octanol–water partition coefficient (Wildman–Crippen LogP) is 4.41. The quantitative estimate of drug-likeness (QED) is 0.772. The van der Waals surface area contributed by atoms with Gasteiger partial charge in [-0.15, -0.1) is 0 Å². The largest absolute Gasteiger partial charge is 0.295 e. The number of nitriles is 1. The molecule has 0 aliphatic carbocycles. The van der Waals surface area contributed by atoms with E-state index in [1.54, 1.807) is 31.2 Å². The molecule has 23 heavy (non-hydrogen) atoms. The van der Waals surface area contributed by atoms with Gasteiger partial charge in [-0.1, -0.05) is 6.07 Å². The second-order valence-electron chi connectivity index (χ2n) is 5.22. The van der Waals surface area contributed by atoms with Gasteiger partial charge >= 0.3 is 0 Å². The van der Waals surface area contributed by atoms with Crippen molar-refractivity contribution in [1.29, 1.82) is 5.26 Å². The zero-order valence-corrected chi connectivity index (χ0v) is 13.6. The molecule has 4 heteroatoms. The number of ketones is 2. The molecule has 0 radical (unpaired) electrons. The molecule has 0 saturated carbocycles. The molecular weight excluding hydrogens is 293 g/mol. The Hall–Kier alpha value is -2.80. The van der Waals surface area contributed by atoms with Gasteiger partial charge in [0.25, 0.3) is 0 Å². The number of aryl methyl sites for hydroxylation is 2. The van der Waals surface area contributed by atoms with Crippen LogP contribution in [0.5, 0.6) is 0 Å². The SMILES string of the molecule is CC(=O)c1ccc(C#N)c(C)c1.CC(=O)c1ccc(F)c(C)c1. The third-order valence-corrected chi connectivity index (χ3v) is 3.32. The maximum Gasteiger partial charge on any atom is 0.159 e. The number of hydrogen-bond acceptors (Lipinski definition) is 3. The second kappa shape index (κ2) is 8.00. The predicted molar refractivity (Wildman–Crippen MR) is 87.0 cm³/mol. The smallest absolute Gasteiger partial charge is 0.159 e. The third-order valence-electron chi connectivity index (χ3n) is 3.32. The van der Waals surface area contributed by atoms with Gasteiger partial charge in [-0.2, -0.15) is 5.26 Å². The van der Waals surface area contributed by atoms with Gasteiger partial charge < -0.3 is 0 Å². The van der Waals surface area contributed by atoms with Gasteiger partial charge in [0.15, 0.2) is 11.6 Å². The van der Waals surface area contributed by atoms with Gasteiger partial charge in [0.2, 0.25) is 0 Å². The van der Waals surface area contributed by atoms with Crippen LogP contribution in [0.25, 0.3) is 0 Å². The highest BCUT2D eigenvalue weighted by Crippen LogP contribution is 2.10. The summed E-state index contributed by atoms with van der Waals surface area (Å²) < 4.78 is 12.7. The normalized spacial score (nSPS) is 9.39. The highest BCUT2D eigenvalue weighted by atomic mass is 19.1. The molecule has 3 nitrogen and oxygen atoms in total. The van der Waals surface area contributed by atoms with Crippen LogP contribution in [0.4, 0.5) is 4.39 Å². The molecule has 2 aromatic rings. The fourth-order valence-corrected chi connectivity index (χ4v) is 1.87. The zero-order chi connectivity index (χ0) is 17.6. The van der Waals surface area contributed by atoms with E-state index in [1.807, 2.05) is 6.92 Å². The molecule has 0 unspecified atom stereocenters. The lowest BCUT2D eigenvalue weighted by Gasteiger charge is -1.98. The van der Waals surface area contributed by atoms with Gasteiger partial charge in [0, 0.05) is 11.1 Å². The van der Waals surface area contributed by atoms with Crippen LogP contribution in [0.1, 0.15) is 51.3 Å². The van der Waals surface area contributed by atoms with Crippen molar-refractivity contribution in [1.82, 2.24) is 0 Å². The summed E-state index contributed by atoms with van der Waals surface area (Å²) in [6, 6.07) is 11.5. The molecule has 0 aliphatic rings. The molecule has 0 bridgehead atoms. The van der Waals surface area contributed by atoms with Crippen molar-refractivity contribution in [3.8, 4) is 6.07 Å². The minimum absolute atomic E-state index is 0.0302. The molecular formula is C19H18FNO2. The number of carbonyl (C=O) groups excluding carboxylic acids is 2. The Labute approximate surface area is 135 Å². The molecule has 0 heterocycles. The maximum atomic E-state index is 12.7. The van der Waals surface area contributed by atoms with Crippen molar-refractivity contribution < 1.29 is 14.0 Å². The highest BCUT2D eigenvalue weighted by molar-refractivity contribution is 5.94. The Balaban J connectivity index is 0.000000231. The van der Waals surface area contributed by atoms with Crippen molar-refractivity contribution in [3.05, 3.63) is 70.0 Å². The van der Waals surface area contributed by atoms with Crippen LogP contribution in [0.2, 0.25) is 0 Å². The Morgan fingerprint density at radius 1 is 0.913 bits per heavy atom. The molecule has 0 atom stereocenters. The van der Waals surface area contributed by atoms with Crippen molar-refractivity contribution in [2.75, 3.05) is 0 Å².